The van der Waals surface area contributed by atoms with Crippen molar-refractivity contribution in [1.82, 2.24) is 5.32 Å². The predicted molar refractivity (Wildman–Crippen MR) is 61.0 cm³/mol. The van der Waals surface area contributed by atoms with Crippen LogP contribution >= 0.6 is 0 Å². The van der Waals surface area contributed by atoms with Gasteiger partial charge in [0, 0.05) is 18.7 Å². The number of hydrogen-bond acceptors (Lipinski definition) is 3. The molecule has 1 atom stereocenters. The predicted octanol–water partition coefficient (Wildman–Crippen LogP) is 1.56. The summed E-state index contributed by atoms with van der Waals surface area (Å²) in [5.41, 5.74) is 1.13. The van der Waals surface area contributed by atoms with Gasteiger partial charge in [-0.3, -0.25) is 0 Å². The first-order chi connectivity index (χ1) is 7.24. The van der Waals surface area contributed by atoms with Gasteiger partial charge in [0.1, 0.15) is 5.75 Å². The standard InChI is InChI=1S/C12H19NO2/c1-3-15-12-7-5-4-6-11(12)9-13-8-10(2)14/h4-7,10,13-14H,3,8-9H2,1-2H3/t10-/m0/s1. The van der Waals surface area contributed by atoms with Crippen molar-refractivity contribution in [2.45, 2.75) is 26.5 Å². The van der Waals surface area contributed by atoms with Crippen molar-refractivity contribution in [3.05, 3.63) is 29.8 Å². The molecule has 0 aliphatic carbocycles. The molecule has 3 nitrogen and oxygen atoms in total. The minimum Gasteiger partial charge on any atom is -0.494 e. The number of ether oxygens (including phenoxy) is 1. The average Bonchev–Trinajstić information content (AvgIpc) is 2.20. The fraction of sp³-hybridized carbons (Fsp3) is 0.500. The van der Waals surface area contributed by atoms with Crippen LogP contribution in [0, 0.1) is 0 Å². The Bertz CT molecular complexity index is 287. The molecule has 0 saturated heterocycles. The highest BCUT2D eigenvalue weighted by atomic mass is 16.5. The lowest BCUT2D eigenvalue weighted by atomic mass is 10.2. The Morgan fingerprint density at radius 2 is 2.13 bits per heavy atom. The van der Waals surface area contributed by atoms with Crippen molar-refractivity contribution in [3.63, 3.8) is 0 Å². The molecule has 0 aliphatic heterocycles. The van der Waals surface area contributed by atoms with Gasteiger partial charge in [-0.2, -0.15) is 0 Å². The Balaban J connectivity index is 2.51. The van der Waals surface area contributed by atoms with Crippen LogP contribution in [0.4, 0.5) is 0 Å². The van der Waals surface area contributed by atoms with Crippen molar-refractivity contribution in [2.24, 2.45) is 0 Å². The van der Waals surface area contributed by atoms with Crippen LogP contribution in [0.25, 0.3) is 0 Å². The summed E-state index contributed by atoms with van der Waals surface area (Å²) in [6.45, 7) is 5.73. The molecule has 0 aromatic heterocycles. The lowest BCUT2D eigenvalue weighted by Crippen LogP contribution is -2.24. The Labute approximate surface area is 91.1 Å². The summed E-state index contributed by atoms with van der Waals surface area (Å²) in [4.78, 5) is 0. The van der Waals surface area contributed by atoms with Gasteiger partial charge in [0.2, 0.25) is 0 Å². The van der Waals surface area contributed by atoms with E-state index < -0.39 is 0 Å². The summed E-state index contributed by atoms with van der Waals surface area (Å²) in [6.07, 6.45) is -0.316. The molecule has 0 bridgehead atoms. The second kappa shape index (κ2) is 6.43. The van der Waals surface area contributed by atoms with Gasteiger partial charge in [-0.25, -0.2) is 0 Å². The number of nitrogens with one attached hydrogen (secondary N) is 1. The SMILES string of the molecule is CCOc1ccccc1CNC[C@H](C)O. The molecule has 0 amide bonds. The molecule has 0 saturated carbocycles. The van der Waals surface area contributed by atoms with Gasteiger partial charge in [0.15, 0.2) is 0 Å². The summed E-state index contributed by atoms with van der Waals surface area (Å²) in [5.74, 6) is 0.915. The highest BCUT2D eigenvalue weighted by molar-refractivity contribution is 5.33. The molecule has 0 aliphatic rings. The van der Waals surface area contributed by atoms with Crippen LogP contribution in [-0.2, 0) is 6.54 Å². The smallest absolute Gasteiger partial charge is 0.123 e. The maximum atomic E-state index is 9.11. The Hall–Kier alpha value is -1.06. The summed E-state index contributed by atoms with van der Waals surface area (Å²) >= 11 is 0. The van der Waals surface area contributed by atoms with Gasteiger partial charge in [0.25, 0.3) is 0 Å². The molecule has 1 aromatic carbocycles. The van der Waals surface area contributed by atoms with Crippen LogP contribution in [0.2, 0.25) is 0 Å². The first-order valence-electron chi connectivity index (χ1n) is 5.33. The zero-order chi connectivity index (χ0) is 11.1. The van der Waals surface area contributed by atoms with Crippen LogP contribution in [0.3, 0.4) is 0 Å². The van der Waals surface area contributed by atoms with Crippen LogP contribution in [0.1, 0.15) is 19.4 Å². The van der Waals surface area contributed by atoms with Crippen molar-refractivity contribution in [1.29, 1.82) is 0 Å². The third-order valence-electron chi connectivity index (χ3n) is 2.03. The fourth-order valence-electron chi connectivity index (χ4n) is 1.36. The lowest BCUT2D eigenvalue weighted by molar-refractivity contribution is 0.190. The van der Waals surface area contributed by atoms with Gasteiger partial charge in [0.05, 0.1) is 12.7 Å². The third-order valence-corrected chi connectivity index (χ3v) is 2.03. The second-order valence-electron chi connectivity index (χ2n) is 3.52. The van der Waals surface area contributed by atoms with Crippen LogP contribution in [0.15, 0.2) is 24.3 Å². The summed E-state index contributed by atoms with van der Waals surface area (Å²) in [6, 6.07) is 7.94. The molecular formula is C12H19NO2. The normalized spacial score (nSPS) is 12.5. The number of rotatable bonds is 6. The number of aliphatic hydroxyl groups is 1. The number of aliphatic hydroxyl groups excluding tert-OH is 1. The average molecular weight is 209 g/mol. The van der Waals surface area contributed by atoms with E-state index in [2.05, 4.69) is 5.32 Å². The highest BCUT2D eigenvalue weighted by Gasteiger charge is 2.02. The van der Waals surface area contributed by atoms with E-state index in [4.69, 9.17) is 9.84 Å². The first kappa shape index (κ1) is 12.0. The van der Waals surface area contributed by atoms with Crippen molar-refractivity contribution in [2.75, 3.05) is 13.2 Å². The summed E-state index contributed by atoms with van der Waals surface area (Å²) in [7, 11) is 0. The van der Waals surface area contributed by atoms with E-state index in [-0.39, 0.29) is 6.10 Å². The molecule has 1 aromatic rings. The maximum absolute atomic E-state index is 9.11. The molecule has 2 N–H and O–H groups in total. The Morgan fingerprint density at radius 1 is 1.40 bits per heavy atom. The molecule has 1 rings (SSSR count). The number of benzene rings is 1. The van der Waals surface area contributed by atoms with Gasteiger partial charge < -0.3 is 15.2 Å². The number of para-hydroxylation sites is 1. The van der Waals surface area contributed by atoms with Gasteiger partial charge in [-0.05, 0) is 19.9 Å². The molecule has 0 heterocycles. The van der Waals surface area contributed by atoms with Crippen LogP contribution in [-0.4, -0.2) is 24.4 Å². The van der Waals surface area contributed by atoms with Crippen LogP contribution in [0.5, 0.6) is 5.75 Å². The van der Waals surface area contributed by atoms with E-state index in [9.17, 15) is 0 Å². The highest BCUT2D eigenvalue weighted by Crippen LogP contribution is 2.17. The maximum Gasteiger partial charge on any atom is 0.123 e. The quantitative estimate of drug-likeness (QED) is 0.747. The minimum absolute atomic E-state index is 0.316. The molecule has 0 spiro atoms. The molecule has 0 unspecified atom stereocenters. The second-order valence-corrected chi connectivity index (χ2v) is 3.52. The lowest BCUT2D eigenvalue weighted by Gasteiger charge is -2.11. The van der Waals surface area contributed by atoms with Gasteiger partial charge in [-0.15, -0.1) is 0 Å². The molecule has 0 radical (unpaired) electrons. The van der Waals surface area contributed by atoms with Crippen molar-refractivity contribution in [3.8, 4) is 5.75 Å². The van der Waals surface area contributed by atoms with Crippen molar-refractivity contribution >= 4 is 0 Å². The summed E-state index contributed by atoms with van der Waals surface area (Å²) < 4.78 is 5.49. The van der Waals surface area contributed by atoms with Gasteiger partial charge >= 0.3 is 0 Å². The number of hydrogen-bond donors (Lipinski definition) is 2. The molecule has 15 heavy (non-hydrogen) atoms. The van der Waals surface area contributed by atoms with E-state index in [0.717, 1.165) is 17.9 Å². The summed E-state index contributed by atoms with van der Waals surface area (Å²) in [5, 5.41) is 12.3. The zero-order valence-corrected chi connectivity index (χ0v) is 9.36. The largest absolute Gasteiger partial charge is 0.494 e. The van der Waals surface area contributed by atoms with E-state index in [0.29, 0.717) is 13.2 Å². The fourth-order valence-corrected chi connectivity index (χ4v) is 1.36. The molecule has 3 heteroatoms. The topological polar surface area (TPSA) is 41.5 Å². The van der Waals surface area contributed by atoms with Crippen LogP contribution < -0.4 is 10.1 Å². The van der Waals surface area contributed by atoms with E-state index in [1.54, 1.807) is 6.92 Å². The zero-order valence-electron chi connectivity index (χ0n) is 9.36. The Morgan fingerprint density at radius 3 is 2.80 bits per heavy atom. The first-order valence-corrected chi connectivity index (χ1v) is 5.33. The minimum atomic E-state index is -0.316. The monoisotopic (exact) mass is 209 g/mol. The van der Waals surface area contributed by atoms with E-state index in [1.807, 2.05) is 31.2 Å². The molecular weight excluding hydrogens is 190 g/mol. The van der Waals surface area contributed by atoms with Crippen molar-refractivity contribution < 1.29 is 9.84 Å². The Kier molecular flexibility index (Phi) is 5.15. The third kappa shape index (κ3) is 4.32. The van der Waals surface area contributed by atoms with E-state index in [1.165, 1.54) is 0 Å². The molecule has 0 fully saturated rings. The molecule has 84 valence electrons. The van der Waals surface area contributed by atoms with Gasteiger partial charge in [-0.1, -0.05) is 18.2 Å². The van der Waals surface area contributed by atoms with E-state index >= 15 is 0 Å².